The molecule has 0 bridgehead atoms. The third kappa shape index (κ3) is 2.01. The Balaban J connectivity index is 1.81. The smallest absolute Gasteiger partial charge is 0.345 e. The molecular formula is C20H17N3O4. The molecule has 0 saturated heterocycles. The maximum Gasteiger partial charge on any atom is 0.345 e. The van der Waals surface area contributed by atoms with Gasteiger partial charge >= 0.3 is 5.97 Å². The number of rotatable bonds is 2. The highest BCUT2D eigenvalue weighted by Crippen LogP contribution is 2.39. The molecule has 0 amide bonds. The van der Waals surface area contributed by atoms with Crippen molar-refractivity contribution in [1.29, 1.82) is 0 Å². The van der Waals surface area contributed by atoms with Crippen LogP contribution in [0.5, 0.6) is 0 Å². The maximum atomic E-state index is 13.1. The largest absolute Gasteiger partial charge is 0.458 e. The molecule has 3 aromatic rings. The van der Waals surface area contributed by atoms with E-state index in [4.69, 9.17) is 20.5 Å². The minimum atomic E-state index is -1.47. The molecule has 7 heteroatoms. The normalized spacial score (nSPS) is 20.1. The molecule has 0 aliphatic carbocycles. The molecule has 27 heavy (non-hydrogen) atoms. The number of benzene rings is 1. The van der Waals surface area contributed by atoms with Crippen molar-refractivity contribution in [3.8, 4) is 11.4 Å². The van der Waals surface area contributed by atoms with Crippen molar-refractivity contribution in [2.24, 2.45) is 5.90 Å². The minimum Gasteiger partial charge on any atom is -0.458 e. The van der Waals surface area contributed by atoms with E-state index in [2.05, 4.69) is 6.07 Å². The number of ether oxygens (including phenoxy) is 1. The Morgan fingerprint density at radius 3 is 2.89 bits per heavy atom. The molecule has 0 saturated carbocycles. The Bertz CT molecular complexity index is 1180. The average molecular weight is 363 g/mol. The summed E-state index contributed by atoms with van der Waals surface area (Å²) in [6.07, 6.45) is 0.260. The van der Waals surface area contributed by atoms with Gasteiger partial charge in [0.05, 0.1) is 29.0 Å². The summed E-state index contributed by atoms with van der Waals surface area (Å²) in [5.74, 6) is 4.92. The number of hydrogen-bond donors (Lipinski definition) is 1. The number of aromatic nitrogens is 2. The standard InChI is InChI=1S/C20H17N3O4/c1-2-20(27-21)14-8-16-17-12(7-11-5-3-4-6-15(11)22-17)9-23(16)18(24)13(14)10-26-19(20)25/h3-8H,2,9-10,21H2,1H3/t20-/m0/s1. The molecule has 136 valence electrons. The lowest BCUT2D eigenvalue weighted by Crippen LogP contribution is -2.47. The van der Waals surface area contributed by atoms with Gasteiger partial charge in [-0.05, 0) is 24.6 Å². The Labute approximate surface area is 154 Å². The van der Waals surface area contributed by atoms with Crippen LogP contribution in [-0.4, -0.2) is 15.5 Å². The molecule has 0 spiro atoms. The highest BCUT2D eigenvalue weighted by Gasteiger charge is 2.48. The third-order valence-corrected chi connectivity index (χ3v) is 5.59. The fourth-order valence-corrected chi connectivity index (χ4v) is 4.11. The first kappa shape index (κ1) is 16.2. The van der Waals surface area contributed by atoms with Crippen molar-refractivity contribution < 1.29 is 14.4 Å². The molecule has 2 aliphatic rings. The van der Waals surface area contributed by atoms with Gasteiger partial charge in [-0.15, -0.1) is 0 Å². The van der Waals surface area contributed by atoms with E-state index in [0.717, 1.165) is 22.2 Å². The topological polar surface area (TPSA) is 96.4 Å². The van der Waals surface area contributed by atoms with Gasteiger partial charge in [0.2, 0.25) is 5.60 Å². The number of nitrogens with two attached hydrogens (primary N) is 1. The second kappa shape index (κ2) is 5.48. The summed E-state index contributed by atoms with van der Waals surface area (Å²) >= 11 is 0. The number of pyridine rings is 2. The Morgan fingerprint density at radius 1 is 1.30 bits per heavy atom. The molecule has 0 radical (unpaired) electrons. The number of cyclic esters (lactones) is 1. The van der Waals surface area contributed by atoms with E-state index in [1.807, 2.05) is 24.3 Å². The zero-order valence-electron chi connectivity index (χ0n) is 14.7. The summed E-state index contributed by atoms with van der Waals surface area (Å²) in [6.45, 7) is 2.13. The van der Waals surface area contributed by atoms with Crippen LogP contribution in [0, 0.1) is 0 Å². The van der Waals surface area contributed by atoms with Crippen LogP contribution in [0.25, 0.3) is 22.3 Å². The van der Waals surface area contributed by atoms with Crippen LogP contribution < -0.4 is 11.5 Å². The lowest BCUT2D eigenvalue weighted by atomic mass is 9.86. The number of carbonyl (C=O) groups is 1. The molecule has 5 rings (SSSR count). The van der Waals surface area contributed by atoms with Gasteiger partial charge in [-0.3, -0.25) is 9.63 Å². The molecule has 4 heterocycles. The first-order valence-electron chi connectivity index (χ1n) is 8.80. The van der Waals surface area contributed by atoms with Crippen molar-refractivity contribution >= 4 is 16.9 Å². The van der Waals surface area contributed by atoms with Gasteiger partial charge in [0.25, 0.3) is 5.56 Å². The van der Waals surface area contributed by atoms with Crippen LogP contribution in [0.1, 0.15) is 30.0 Å². The van der Waals surface area contributed by atoms with E-state index in [-0.39, 0.29) is 18.6 Å². The van der Waals surface area contributed by atoms with Crippen molar-refractivity contribution in [2.45, 2.75) is 32.1 Å². The van der Waals surface area contributed by atoms with Crippen LogP contribution in [0.3, 0.4) is 0 Å². The first-order valence-corrected chi connectivity index (χ1v) is 8.80. The molecule has 0 unspecified atom stereocenters. The van der Waals surface area contributed by atoms with E-state index in [1.165, 1.54) is 0 Å². The zero-order chi connectivity index (χ0) is 18.8. The lowest BCUT2D eigenvalue weighted by molar-refractivity contribution is -0.182. The highest BCUT2D eigenvalue weighted by atomic mass is 16.7. The van der Waals surface area contributed by atoms with Gasteiger partial charge in [-0.25, -0.2) is 15.7 Å². The number of carbonyl (C=O) groups excluding carboxylic acids is 1. The van der Waals surface area contributed by atoms with Gasteiger partial charge < -0.3 is 9.30 Å². The summed E-state index contributed by atoms with van der Waals surface area (Å²) in [7, 11) is 0. The van der Waals surface area contributed by atoms with Crippen molar-refractivity contribution in [3.05, 3.63) is 63.4 Å². The maximum absolute atomic E-state index is 13.1. The van der Waals surface area contributed by atoms with Crippen LogP contribution in [0.2, 0.25) is 0 Å². The first-order chi connectivity index (χ1) is 13.1. The number of hydrogen-bond acceptors (Lipinski definition) is 6. The van der Waals surface area contributed by atoms with E-state index >= 15 is 0 Å². The fourth-order valence-electron chi connectivity index (χ4n) is 4.11. The van der Waals surface area contributed by atoms with Crippen molar-refractivity contribution in [2.75, 3.05) is 0 Å². The molecule has 2 aromatic heterocycles. The van der Waals surface area contributed by atoms with E-state index < -0.39 is 11.6 Å². The molecular weight excluding hydrogens is 346 g/mol. The summed E-state index contributed by atoms with van der Waals surface area (Å²) in [5.41, 5.74) is 2.45. The molecule has 0 fully saturated rings. The summed E-state index contributed by atoms with van der Waals surface area (Å²) in [5, 5.41) is 1.02. The number of para-hydroxylation sites is 1. The number of esters is 1. The van der Waals surface area contributed by atoms with Gasteiger partial charge in [-0.1, -0.05) is 25.1 Å². The quantitative estimate of drug-likeness (QED) is 0.432. The zero-order valence-corrected chi connectivity index (χ0v) is 14.7. The second-order valence-electron chi connectivity index (χ2n) is 6.88. The van der Waals surface area contributed by atoms with E-state index in [1.54, 1.807) is 17.6 Å². The molecule has 1 atom stereocenters. The van der Waals surface area contributed by atoms with Gasteiger partial charge in [0.1, 0.15) is 6.61 Å². The van der Waals surface area contributed by atoms with Crippen LogP contribution in [-0.2, 0) is 33.1 Å². The Morgan fingerprint density at radius 2 is 2.11 bits per heavy atom. The van der Waals surface area contributed by atoms with Crippen molar-refractivity contribution in [3.63, 3.8) is 0 Å². The monoisotopic (exact) mass is 363 g/mol. The Kier molecular flexibility index (Phi) is 3.28. The molecule has 7 nitrogen and oxygen atoms in total. The van der Waals surface area contributed by atoms with Gasteiger partial charge in [0, 0.05) is 16.5 Å². The summed E-state index contributed by atoms with van der Waals surface area (Å²) in [4.78, 5) is 35.4. The van der Waals surface area contributed by atoms with E-state index in [0.29, 0.717) is 23.4 Å². The van der Waals surface area contributed by atoms with E-state index in [9.17, 15) is 9.59 Å². The third-order valence-electron chi connectivity index (χ3n) is 5.59. The van der Waals surface area contributed by atoms with Gasteiger partial charge in [0.15, 0.2) is 0 Å². The van der Waals surface area contributed by atoms with Crippen LogP contribution in [0.4, 0.5) is 0 Å². The lowest BCUT2D eigenvalue weighted by Gasteiger charge is -2.34. The molecule has 2 N–H and O–H groups in total. The van der Waals surface area contributed by atoms with Crippen molar-refractivity contribution in [1.82, 2.24) is 9.55 Å². The predicted octanol–water partition coefficient (Wildman–Crippen LogP) is 1.98. The predicted molar refractivity (Wildman–Crippen MR) is 97.6 cm³/mol. The van der Waals surface area contributed by atoms with Crippen LogP contribution >= 0.6 is 0 Å². The summed E-state index contributed by atoms with van der Waals surface area (Å²) in [6, 6.07) is 11.7. The fraction of sp³-hybridized carbons (Fsp3) is 0.250. The van der Waals surface area contributed by atoms with Crippen LogP contribution in [0.15, 0.2) is 41.2 Å². The molecule has 1 aromatic carbocycles. The summed E-state index contributed by atoms with van der Waals surface area (Å²) < 4.78 is 6.88. The minimum absolute atomic E-state index is 0.0792. The SMILES string of the molecule is CC[C@@]1(ON)C(=O)OCc2c1cc1n(c2=O)Cc2cc3ccccc3nc2-1. The number of fused-ring (bicyclic) bond motifs is 5. The highest BCUT2D eigenvalue weighted by molar-refractivity contribution is 5.86. The van der Waals surface area contributed by atoms with Gasteiger partial charge in [-0.2, -0.15) is 0 Å². The Hall–Kier alpha value is -3.03. The average Bonchev–Trinajstić information content (AvgIpc) is 3.05. The second-order valence-corrected chi connectivity index (χ2v) is 6.88. The molecule has 2 aliphatic heterocycles. The number of nitrogens with zero attached hydrogens (tertiary/aromatic N) is 2.